The van der Waals surface area contributed by atoms with Gasteiger partial charge in [0, 0.05) is 25.2 Å². The lowest BCUT2D eigenvalue weighted by Gasteiger charge is -2.47. The molecule has 11 unspecified atom stereocenters. The molecule has 0 radical (unpaired) electrons. The van der Waals surface area contributed by atoms with Crippen molar-refractivity contribution in [2.75, 3.05) is 19.7 Å². The normalized spacial score (nSPS) is 53.8. The number of aliphatic hydroxyl groups excluding tert-OH is 7. The standard InChI is InChI=1S/C23H46N6O13/c24-2-7-13(32)15(34)10(28)21(37-7)40-18-6(27)1-5(26)12(31)20(18)42-23-17(36)19(9(4-30)39-23)41-22-11(29)16(35)14(33)8(3-25)38-22/h5-23,30-36H,1-4,24-29H2/t5-,6?,7?,8?,9-,10?,11?,12?,13-,14-,15?,16?,17?,18-,19?,20?,21-,22-,23+/m1/s1. The maximum atomic E-state index is 11.1. The van der Waals surface area contributed by atoms with Gasteiger partial charge in [-0.05, 0) is 6.42 Å². The van der Waals surface area contributed by atoms with Crippen molar-refractivity contribution >= 4 is 0 Å². The molecule has 42 heavy (non-hydrogen) atoms. The molecule has 19 N–H and O–H groups in total. The molecule has 3 heterocycles. The molecule has 0 aromatic rings. The van der Waals surface area contributed by atoms with Crippen LogP contribution < -0.4 is 34.4 Å². The molecule has 0 aromatic carbocycles. The van der Waals surface area contributed by atoms with Crippen LogP contribution in [0.25, 0.3) is 0 Å². The van der Waals surface area contributed by atoms with Crippen LogP contribution in [-0.4, -0.2) is 172 Å². The fourth-order valence-electron chi connectivity index (χ4n) is 5.74. The van der Waals surface area contributed by atoms with Gasteiger partial charge in [0.15, 0.2) is 18.9 Å². The molecular formula is C23H46N6O13. The molecule has 19 atom stereocenters. The zero-order valence-corrected chi connectivity index (χ0v) is 22.8. The highest BCUT2D eigenvalue weighted by molar-refractivity contribution is 5.02. The molecule has 4 aliphatic rings. The molecule has 0 aromatic heterocycles. The second kappa shape index (κ2) is 14.1. The number of rotatable bonds is 9. The Morgan fingerprint density at radius 2 is 0.976 bits per heavy atom. The van der Waals surface area contributed by atoms with Crippen LogP contribution in [0.1, 0.15) is 6.42 Å². The van der Waals surface area contributed by atoms with Gasteiger partial charge in [0.2, 0.25) is 0 Å². The first-order valence-electron chi connectivity index (χ1n) is 13.9. The van der Waals surface area contributed by atoms with Gasteiger partial charge in [0.1, 0.15) is 67.1 Å². The van der Waals surface area contributed by atoms with Crippen LogP contribution in [0.15, 0.2) is 0 Å². The lowest BCUT2D eigenvalue weighted by molar-refractivity contribution is -0.306. The van der Waals surface area contributed by atoms with Crippen molar-refractivity contribution in [2.45, 2.75) is 123 Å². The monoisotopic (exact) mass is 614 g/mol. The highest BCUT2D eigenvalue weighted by atomic mass is 16.8. The molecule has 246 valence electrons. The molecular weight excluding hydrogens is 568 g/mol. The Kier molecular flexibility index (Phi) is 11.5. The summed E-state index contributed by atoms with van der Waals surface area (Å²) < 4.78 is 34.6. The van der Waals surface area contributed by atoms with E-state index in [1.54, 1.807) is 0 Å². The van der Waals surface area contributed by atoms with Crippen molar-refractivity contribution in [2.24, 2.45) is 34.4 Å². The van der Waals surface area contributed by atoms with Crippen molar-refractivity contribution in [3.8, 4) is 0 Å². The van der Waals surface area contributed by atoms with Gasteiger partial charge >= 0.3 is 0 Å². The van der Waals surface area contributed by atoms with Crippen molar-refractivity contribution in [1.29, 1.82) is 0 Å². The van der Waals surface area contributed by atoms with E-state index >= 15 is 0 Å². The molecule has 4 rings (SSSR count). The van der Waals surface area contributed by atoms with Crippen LogP contribution in [0, 0.1) is 0 Å². The van der Waals surface area contributed by atoms with Gasteiger partial charge in [-0.1, -0.05) is 0 Å². The Hall–Kier alpha value is -0.760. The molecule has 0 bridgehead atoms. The molecule has 3 saturated heterocycles. The number of hydrogen-bond donors (Lipinski definition) is 13. The van der Waals surface area contributed by atoms with Crippen LogP contribution in [-0.2, 0) is 28.4 Å². The summed E-state index contributed by atoms with van der Waals surface area (Å²) >= 11 is 0. The van der Waals surface area contributed by atoms with E-state index in [4.69, 9.17) is 62.8 Å². The number of aliphatic hydroxyl groups is 7. The van der Waals surface area contributed by atoms with Crippen molar-refractivity contribution in [1.82, 2.24) is 0 Å². The molecule has 19 heteroatoms. The maximum Gasteiger partial charge on any atom is 0.187 e. The third-order valence-corrected chi connectivity index (χ3v) is 8.37. The van der Waals surface area contributed by atoms with Crippen LogP contribution >= 0.6 is 0 Å². The van der Waals surface area contributed by atoms with Gasteiger partial charge in [0.25, 0.3) is 0 Å². The molecule has 1 saturated carbocycles. The Bertz CT molecular complexity index is 868. The Morgan fingerprint density at radius 3 is 1.45 bits per heavy atom. The summed E-state index contributed by atoms with van der Waals surface area (Å²) in [4.78, 5) is 0. The summed E-state index contributed by atoms with van der Waals surface area (Å²) in [5.41, 5.74) is 35.6. The maximum absolute atomic E-state index is 11.1. The minimum atomic E-state index is -1.60. The largest absolute Gasteiger partial charge is 0.394 e. The van der Waals surface area contributed by atoms with Gasteiger partial charge in [-0.25, -0.2) is 0 Å². The molecule has 0 spiro atoms. The first-order valence-corrected chi connectivity index (χ1v) is 13.9. The van der Waals surface area contributed by atoms with E-state index in [1.807, 2.05) is 0 Å². The second-order valence-corrected chi connectivity index (χ2v) is 11.2. The summed E-state index contributed by atoms with van der Waals surface area (Å²) in [5, 5.41) is 73.0. The summed E-state index contributed by atoms with van der Waals surface area (Å²) in [7, 11) is 0. The fourth-order valence-corrected chi connectivity index (χ4v) is 5.74. The SMILES string of the molecule is NCC1O[C@H](OC2C(O)[C@H](OC3C(O)[C@H](N)CC(N)[C@H]3O[C@H]3OC(CN)[C@@H](O)C(O)C3N)O[C@@H]2CO)C(N)C(O)[C@@H]1O. The van der Waals surface area contributed by atoms with Crippen molar-refractivity contribution in [3.63, 3.8) is 0 Å². The van der Waals surface area contributed by atoms with Crippen LogP contribution in [0.4, 0.5) is 0 Å². The van der Waals surface area contributed by atoms with E-state index in [9.17, 15) is 35.7 Å². The highest BCUT2D eigenvalue weighted by Crippen LogP contribution is 2.34. The Labute approximate surface area is 241 Å². The van der Waals surface area contributed by atoms with Gasteiger partial charge in [-0.15, -0.1) is 0 Å². The summed E-state index contributed by atoms with van der Waals surface area (Å²) in [5.74, 6) is 0. The van der Waals surface area contributed by atoms with E-state index in [1.165, 1.54) is 0 Å². The predicted octanol–water partition coefficient (Wildman–Crippen LogP) is -8.90. The smallest absolute Gasteiger partial charge is 0.187 e. The van der Waals surface area contributed by atoms with E-state index < -0.39 is 123 Å². The molecule has 4 fully saturated rings. The summed E-state index contributed by atoms with van der Waals surface area (Å²) in [6, 6.07) is -4.18. The minimum absolute atomic E-state index is 0.0889. The van der Waals surface area contributed by atoms with Crippen LogP contribution in [0.5, 0.6) is 0 Å². The van der Waals surface area contributed by atoms with Crippen LogP contribution in [0.2, 0.25) is 0 Å². The lowest BCUT2D eigenvalue weighted by atomic mass is 9.84. The summed E-state index contributed by atoms with van der Waals surface area (Å²) in [6.45, 7) is -0.967. The van der Waals surface area contributed by atoms with E-state index in [0.717, 1.165) is 0 Å². The molecule has 1 aliphatic carbocycles. The van der Waals surface area contributed by atoms with Gasteiger partial charge in [-0.2, -0.15) is 0 Å². The molecule has 19 nitrogen and oxygen atoms in total. The van der Waals surface area contributed by atoms with E-state index in [2.05, 4.69) is 0 Å². The third-order valence-electron chi connectivity index (χ3n) is 8.37. The number of hydrogen-bond acceptors (Lipinski definition) is 19. The highest BCUT2D eigenvalue weighted by Gasteiger charge is 2.54. The minimum Gasteiger partial charge on any atom is -0.394 e. The number of ether oxygens (including phenoxy) is 6. The van der Waals surface area contributed by atoms with E-state index in [-0.39, 0.29) is 19.5 Å². The Balaban J connectivity index is 1.50. The molecule has 3 aliphatic heterocycles. The van der Waals surface area contributed by atoms with Gasteiger partial charge in [-0.3, -0.25) is 0 Å². The zero-order valence-electron chi connectivity index (χ0n) is 22.8. The average molecular weight is 615 g/mol. The van der Waals surface area contributed by atoms with Crippen molar-refractivity contribution < 1.29 is 64.2 Å². The number of nitrogens with two attached hydrogens (primary N) is 6. The van der Waals surface area contributed by atoms with Crippen molar-refractivity contribution in [3.05, 3.63) is 0 Å². The predicted molar refractivity (Wildman–Crippen MR) is 138 cm³/mol. The molecule has 0 amide bonds. The average Bonchev–Trinajstić information content (AvgIpc) is 3.27. The van der Waals surface area contributed by atoms with Gasteiger partial charge in [0.05, 0.1) is 24.8 Å². The lowest BCUT2D eigenvalue weighted by Crippen LogP contribution is -2.68. The third kappa shape index (κ3) is 6.60. The van der Waals surface area contributed by atoms with E-state index in [0.29, 0.717) is 0 Å². The second-order valence-electron chi connectivity index (χ2n) is 11.2. The first kappa shape index (κ1) is 34.1. The topological polar surface area (TPSA) is 353 Å². The fraction of sp³-hybridized carbons (Fsp3) is 1.00. The van der Waals surface area contributed by atoms with Gasteiger partial charge < -0.3 is 98.6 Å². The quantitative estimate of drug-likeness (QED) is 0.115. The zero-order chi connectivity index (χ0) is 31.0. The Morgan fingerprint density at radius 1 is 0.524 bits per heavy atom. The first-order chi connectivity index (χ1) is 19.8. The summed E-state index contributed by atoms with van der Waals surface area (Å²) in [6.07, 6.45) is -19.8. The van der Waals surface area contributed by atoms with Crippen LogP contribution in [0.3, 0.4) is 0 Å².